The highest BCUT2D eigenvalue weighted by atomic mass is 16.5. The number of hydrogen-bond acceptors (Lipinski definition) is 7. The lowest BCUT2D eigenvalue weighted by Crippen LogP contribution is -2.38. The summed E-state index contributed by atoms with van der Waals surface area (Å²) in [6.07, 6.45) is 0. The number of carbonyl (C=O) groups is 3. The fraction of sp³-hybridized carbons (Fsp3) is 0.346. The summed E-state index contributed by atoms with van der Waals surface area (Å²) in [7, 11) is 1.51. The van der Waals surface area contributed by atoms with Crippen molar-refractivity contribution in [3.63, 3.8) is 0 Å². The van der Waals surface area contributed by atoms with Gasteiger partial charge in [-0.2, -0.15) is 0 Å². The van der Waals surface area contributed by atoms with Gasteiger partial charge in [0, 0.05) is 25.6 Å². The van der Waals surface area contributed by atoms with Crippen molar-refractivity contribution in [2.24, 2.45) is 0 Å². The number of likely N-dealkylation sites (tertiary alicyclic amines) is 1. The quantitative estimate of drug-likeness (QED) is 0.199. The minimum atomic E-state index is -0.784. The molecule has 34 heavy (non-hydrogen) atoms. The van der Waals surface area contributed by atoms with E-state index >= 15 is 0 Å². The lowest BCUT2D eigenvalue weighted by atomic mass is 9.95. The first-order valence-electron chi connectivity index (χ1n) is 11.2. The largest absolute Gasteiger partial charge is 0.507 e. The Balaban J connectivity index is 2.09. The summed E-state index contributed by atoms with van der Waals surface area (Å²) in [6, 6.07) is 12.5. The van der Waals surface area contributed by atoms with Gasteiger partial charge < -0.3 is 24.4 Å². The van der Waals surface area contributed by atoms with Gasteiger partial charge in [0.15, 0.2) is 0 Å². The van der Waals surface area contributed by atoms with Gasteiger partial charge in [-0.25, -0.2) is 0 Å². The Morgan fingerprint density at radius 3 is 2.32 bits per heavy atom. The topological polar surface area (TPSA) is 96.4 Å². The molecule has 2 aromatic carbocycles. The standard InChI is InChI=1S/C26H30N2O6/c1-5-27(6-2)14-15-28-23(18-10-12-20(13-11-18)34-17(3)29)22(25(31)26(28)32)24(30)19-8-7-9-21(16-19)33-4/h7-13,16,23,30H,5-6,14-15H2,1-4H3/b24-22-. The van der Waals surface area contributed by atoms with Crippen molar-refractivity contribution in [3.05, 3.63) is 65.2 Å². The maximum atomic E-state index is 13.1. The molecule has 1 saturated heterocycles. The van der Waals surface area contributed by atoms with Crippen LogP contribution in [0.1, 0.15) is 37.9 Å². The van der Waals surface area contributed by atoms with E-state index in [1.54, 1.807) is 48.5 Å². The number of Topliss-reactive ketones (excluding diaryl/α,β-unsaturated/α-hetero) is 1. The fourth-order valence-corrected chi connectivity index (χ4v) is 4.06. The Labute approximate surface area is 199 Å². The molecule has 0 radical (unpaired) electrons. The lowest BCUT2D eigenvalue weighted by molar-refractivity contribution is -0.140. The Hall–Kier alpha value is -3.65. The van der Waals surface area contributed by atoms with E-state index in [1.807, 2.05) is 13.8 Å². The Kier molecular flexibility index (Phi) is 8.07. The molecule has 0 saturated carbocycles. The van der Waals surface area contributed by atoms with E-state index in [2.05, 4.69) is 4.90 Å². The van der Waals surface area contributed by atoms with Crippen LogP contribution in [0.2, 0.25) is 0 Å². The van der Waals surface area contributed by atoms with Crippen molar-refractivity contribution in [2.45, 2.75) is 26.8 Å². The van der Waals surface area contributed by atoms with Gasteiger partial charge in [0.1, 0.15) is 17.3 Å². The molecule has 1 aliphatic heterocycles. The molecule has 1 aliphatic rings. The zero-order valence-electron chi connectivity index (χ0n) is 19.9. The predicted molar refractivity (Wildman–Crippen MR) is 128 cm³/mol. The van der Waals surface area contributed by atoms with Crippen LogP contribution in [-0.4, -0.2) is 65.9 Å². The number of hydrogen-bond donors (Lipinski definition) is 1. The molecule has 1 atom stereocenters. The van der Waals surface area contributed by atoms with Crippen LogP contribution in [0.25, 0.3) is 5.76 Å². The van der Waals surface area contributed by atoms with E-state index in [4.69, 9.17) is 9.47 Å². The number of benzene rings is 2. The number of esters is 1. The zero-order chi connectivity index (χ0) is 24.8. The summed E-state index contributed by atoms with van der Waals surface area (Å²) in [4.78, 5) is 41.1. The van der Waals surface area contributed by atoms with Crippen LogP contribution in [0.4, 0.5) is 0 Å². The maximum Gasteiger partial charge on any atom is 0.308 e. The van der Waals surface area contributed by atoms with Gasteiger partial charge in [-0.1, -0.05) is 38.1 Å². The first-order valence-corrected chi connectivity index (χ1v) is 11.2. The zero-order valence-corrected chi connectivity index (χ0v) is 19.9. The van der Waals surface area contributed by atoms with Gasteiger partial charge in [-0.15, -0.1) is 0 Å². The highest BCUT2D eigenvalue weighted by molar-refractivity contribution is 6.46. The summed E-state index contributed by atoms with van der Waals surface area (Å²) in [5.41, 5.74) is 1.01. The fourth-order valence-electron chi connectivity index (χ4n) is 4.06. The van der Waals surface area contributed by atoms with Crippen LogP contribution in [0, 0.1) is 0 Å². The highest BCUT2D eigenvalue weighted by Crippen LogP contribution is 2.40. The molecule has 0 aliphatic carbocycles. The molecule has 1 unspecified atom stereocenters. The number of rotatable bonds is 9. The van der Waals surface area contributed by atoms with Crippen molar-refractivity contribution >= 4 is 23.4 Å². The number of ether oxygens (including phenoxy) is 2. The molecular weight excluding hydrogens is 436 g/mol. The van der Waals surface area contributed by atoms with Gasteiger partial charge in [0.25, 0.3) is 11.7 Å². The summed E-state index contributed by atoms with van der Waals surface area (Å²) >= 11 is 0. The number of nitrogens with zero attached hydrogens (tertiary/aromatic N) is 2. The number of aliphatic hydroxyl groups excluding tert-OH is 1. The normalized spacial score (nSPS) is 17.3. The minimum absolute atomic E-state index is 0.0121. The molecule has 0 bridgehead atoms. The van der Waals surface area contributed by atoms with Crippen LogP contribution in [-0.2, 0) is 14.4 Å². The first-order chi connectivity index (χ1) is 16.3. The molecule has 3 rings (SSSR count). The smallest absolute Gasteiger partial charge is 0.308 e. The third-order valence-electron chi connectivity index (χ3n) is 5.89. The van der Waals surface area contributed by atoms with E-state index in [-0.39, 0.29) is 11.3 Å². The second-order valence-electron chi connectivity index (χ2n) is 7.91. The SMILES string of the molecule is CCN(CC)CCN1C(=O)C(=O)/C(=C(\O)c2cccc(OC)c2)C1c1ccc(OC(C)=O)cc1. The van der Waals surface area contributed by atoms with Crippen LogP contribution in [0.15, 0.2) is 54.1 Å². The number of carbonyl (C=O) groups excluding carboxylic acids is 3. The lowest BCUT2D eigenvalue weighted by Gasteiger charge is -2.28. The molecule has 1 N–H and O–H groups in total. The van der Waals surface area contributed by atoms with E-state index in [9.17, 15) is 19.5 Å². The molecule has 1 heterocycles. The van der Waals surface area contributed by atoms with Gasteiger partial charge in [0.2, 0.25) is 0 Å². The molecule has 8 heteroatoms. The molecular formula is C26H30N2O6. The highest BCUT2D eigenvalue weighted by Gasteiger charge is 2.46. The summed E-state index contributed by atoms with van der Waals surface area (Å²) < 4.78 is 10.3. The monoisotopic (exact) mass is 466 g/mol. The van der Waals surface area contributed by atoms with Crippen LogP contribution in [0.5, 0.6) is 11.5 Å². The molecule has 180 valence electrons. The van der Waals surface area contributed by atoms with Crippen LogP contribution < -0.4 is 9.47 Å². The van der Waals surface area contributed by atoms with Crippen LogP contribution in [0.3, 0.4) is 0 Å². The number of likely N-dealkylation sites (N-methyl/N-ethyl adjacent to an activating group) is 1. The van der Waals surface area contributed by atoms with Crippen molar-refractivity contribution in [2.75, 3.05) is 33.3 Å². The third-order valence-corrected chi connectivity index (χ3v) is 5.89. The molecule has 1 amide bonds. The second-order valence-corrected chi connectivity index (χ2v) is 7.91. The van der Waals surface area contributed by atoms with Gasteiger partial charge in [-0.05, 0) is 42.9 Å². The van der Waals surface area contributed by atoms with E-state index in [1.165, 1.54) is 18.9 Å². The van der Waals surface area contributed by atoms with Crippen molar-refractivity contribution in [1.82, 2.24) is 9.80 Å². The molecule has 8 nitrogen and oxygen atoms in total. The summed E-state index contributed by atoms with van der Waals surface area (Å²) in [6.45, 7) is 7.90. The number of ketones is 1. The van der Waals surface area contributed by atoms with Gasteiger partial charge in [0.05, 0.1) is 18.7 Å². The molecule has 0 aromatic heterocycles. The molecule has 2 aromatic rings. The minimum Gasteiger partial charge on any atom is -0.507 e. The third kappa shape index (κ3) is 5.28. The van der Waals surface area contributed by atoms with Gasteiger partial charge >= 0.3 is 5.97 Å². The van der Waals surface area contributed by atoms with E-state index < -0.39 is 23.7 Å². The summed E-state index contributed by atoms with van der Waals surface area (Å²) in [5, 5.41) is 11.2. The number of amides is 1. The van der Waals surface area contributed by atoms with E-state index in [0.717, 1.165) is 13.1 Å². The summed E-state index contributed by atoms with van der Waals surface area (Å²) in [5.74, 6) is -1.25. The average Bonchev–Trinajstić information content (AvgIpc) is 3.09. The van der Waals surface area contributed by atoms with Gasteiger partial charge in [-0.3, -0.25) is 14.4 Å². The van der Waals surface area contributed by atoms with E-state index in [0.29, 0.717) is 35.7 Å². The average molecular weight is 467 g/mol. The first kappa shape index (κ1) is 25.0. The van der Waals surface area contributed by atoms with Crippen molar-refractivity contribution in [3.8, 4) is 11.5 Å². The second kappa shape index (κ2) is 11.0. The number of methoxy groups -OCH3 is 1. The molecule has 0 spiro atoms. The molecule has 1 fully saturated rings. The van der Waals surface area contributed by atoms with Crippen molar-refractivity contribution in [1.29, 1.82) is 0 Å². The maximum absolute atomic E-state index is 13.1. The Morgan fingerprint density at radius 2 is 1.74 bits per heavy atom. The predicted octanol–water partition coefficient (Wildman–Crippen LogP) is 3.38. The van der Waals surface area contributed by atoms with Crippen LogP contribution >= 0.6 is 0 Å². The van der Waals surface area contributed by atoms with Crippen molar-refractivity contribution < 1.29 is 29.0 Å². The Morgan fingerprint density at radius 1 is 1.06 bits per heavy atom. The number of aliphatic hydroxyl groups is 1. The Bertz CT molecular complexity index is 1090.